The predicted octanol–water partition coefficient (Wildman–Crippen LogP) is 5.41. The number of aryl methyl sites for hydroxylation is 2. The van der Waals surface area contributed by atoms with Gasteiger partial charge in [-0.3, -0.25) is 14.5 Å². The Morgan fingerprint density at radius 1 is 1.13 bits per heavy atom. The maximum Gasteiger partial charge on any atom is 0.297 e. The molecular formula is C22H14ClFN2O3S. The van der Waals surface area contributed by atoms with Gasteiger partial charge in [0.05, 0.1) is 22.7 Å². The van der Waals surface area contributed by atoms with Crippen molar-refractivity contribution in [3.63, 3.8) is 0 Å². The lowest BCUT2D eigenvalue weighted by atomic mass is 9.99. The van der Waals surface area contributed by atoms with Crippen LogP contribution in [-0.2, 0) is 0 Å². The molecule has 0 aliphatic carbocycles. The Morgan fingerprint density at radius 2 is 1.87 bits per heavy atom. The van der Waals surface area contributed by atoms with Crippen molar-refractivity contribution in [2.24, 2.45) is 0 Å². The van der Waals surface area contributed by atoms with E-state index in [9.17, 15) is 14.0 Å². The van der Waals surface area contributed by atoms with Crippen molar-refractivity contribution >= 4 is 44.9 Å². The number of benzene rings is 2. The first-order chi connectivity index (χ1) is 14.3. The summed E-state index contributed by atoms with van der Waals surface area (Å²) in [6.07, 6.45) is 0. The molecule has 0 radical (unpaired) electrons. The van der Waals surface area contributed by atoms with Gasteiger partial charge < -0.3 is 4.42 Å². The van der Waals surface area contributed by atoms with Crippen molar-refractivity contribution in [3.05, 3.63) is 91.0 Å². The quantitative estimate of drug-likeness (QED) is 0.418. The number of anilines is 1. The van der Waals surface area contributed by atoms with E-state index in [-0.39, 0.29) is 27.7 Å². The van der Waals surface area contributed by atoms with Gasteiger partial charge in [-0.15, -0.1) is 11.3 Å². The zero-order valence-corrected chi connectivity index (χ0v) is 17.5. The second-order valence-electron chi connectivity index (χ2n) is 7.08. The number of carbonyl (C=O) groups excluding carboxylic acids is 1. The van der Waals surface area contributed by atoms with Crippen LogP contribution in [0.15, 0.2) is 51.7 Å². The normalized spacial score (nSPS) is 15.8. The van der Waals surface area contributed by atoms with E-state index in [1.165, 1.54) is 34.4 Å². The SMILES string of the molecule is Cc1nc(N2C(=O)c3oc4ccc(Cl)cc4c(=O)c3C2c2ccc(F)cc2)sc1C. The first kappa shape index (κ1) is 19.0. The van der Waals surface area contributed by atoms with E-state index in [0.29, 0.717) is 15.7 Å². The smallest absolute Gasteiger partial charge is 0.297 e. The minimum atomic E-state index is -0.780. The lowest BCUT2D eigenvalue weighted by Gasteiger charge is -2.22. The van der Waals surface area contributed by atoms with Gasteiger partial charge >= 0.3 is 0 Å². The Kier molecular flexibility index (Phi) is 4.27. The van der Waals surface area contributed by atoms with E-state index in [1.54, 1.807) is 24.3 Å². The number of nitrogens with zero attached hydrogens (tertiary/aromatic N) is 2. The lowest BCUT2D eigenvalue weighted by molar-refractivity contribution is 0.0971. The molecule has 8 heteroatoms. The van der Waals surface area contributed by atoms with Crippen LogP contribution >= 0.6 is 22.9 Å². The molecule has 1 unspecified atom stereocenters. The minimum absolute atomic E-state index is 0.0327. The zero-order chi connectivity index (χ0) is 21.2. The molecule has 150 valence electrons. The lowest BCUT2D eigenvalue weighted by Crippen LogP contribution is -2.29. The summed E-state index contributed by atoms with van der Waals surface area (Å²) in [6.45, 7) is 3.77. The Hall–Kier alpha value is -3.03. The standard InChI is InChI=1S/C22H14ClFN2O3S/c1-10-11(2)30-22(25-10)26-18(12-3-6-14(24)7-4-12)17-19(27)15-9-13(23)5-8-16(15)29-20(17)21(26)28/h3-9,18H,1-2H3. The Bertz CT molecular complexity index is 1370. The van der Waals surface area contributed by atoms with Crippen LogP contribution in [0.4, 0.5) is 9.52 Å². The fraction of sp³-hybridized carbons (Fsp3) is 0.136. The van der Waals surface area contributed by atoms with Crippen molar-refractivity contribution in [1.29, 1.82) is 0 Å². The van der Waals surface area contributed by atoms with Crippen molar-refractivity contribution in [3.8, 4) is 0 Å². The Morgan fingerprint density at radius 3 is 2.53 bits per heavy atom. The number of rotatable bonds is 2. The van der Waals surface area contributed by atoms with Gasteiger partial charge in [0, 0.05) is 9.90 Å². The molecule has 2 aromatic carbocycles. The molecule has 1 amide bonds. The van der Waals surface area contributed by atoms with Gasteiger partial charge in [-0.05, 0) is 49.7 Å². The van der Waals surface area contributed by atoms with Gasteiger partial charge in [-0.2, -0.15) is 0 Å². The molecule has 30 heavy (non-hydrogen) atoms. The van der Waals surface area contributed by atoms with Crippen LogP contribution in [0.1, 0.15) is 38.3 Å². The molecule has 0 N–H and O–H groups in total. The summed E-state index contributed by atoms with van der Waals surface area (Å²) < 4.78 is 19.4. The van der Waals surface area contributed by atoms with Crippen LogP contribution in [0, 0.1) is 19.7 Å². The molecule has 5 rings (SSSR count). The molecule has 4 aromatic rings. The number of halogens is 2. The summed E-state index contributed by atoms with van der Waals surface area (Å²) in [5.74, 6) is -0.898. The van der Waals surface area contributed by atoms with Crippen LogP contribution in [0.25, 0.3) is 11.0 Å². The highest BCUT2D eigenvalue weighted by Gasteiger charge is 2.45. The molecule has 0 spiro atoms. The van der Waals surface area contributed by atoms with Crippen LogP contribution in [0.2, 0.25) is 5.02 Å². The summed E-state index contributed by atoms with van der Waals surface area (Å²) in [4.78, 5) is 33.8. The maximum absolute atomic E-state index is 13.6. The summed E-state index contributed by atoms with van der Waals surface area (Å²) in [6, 6.07) is 9.63. The topological polar surface area (TPSA) is 63.4 Å². The van der Waals surface area contributed by atoms with Gasteiger partial charge in [0.25, 0.3) is 5.91 Å². The Labute approximate surface area is 179 Å². The highest BCUT2D eigenvalue weighted by molar-refractivity contribution is 7.15. The molecule has 2 aromatic heterocycles. The monoisotopic (exact) mass is 440 g/mol. The molecule has 0 bridgehead atoms. The fourth-order valence-electron chi connectivity index (χ4n) is 3.66. The molecule has 0 fully saturated rings. The summed E-state index contributed by atoms with van der Waals surface area (Å²) in [5.41, 5.74) is 1.52. The zero-order valence-electron chi connectivity index (χ0n) is 15.9. The van der Waals surface area contributed by atoms with Crippen molar-refractivity contribution < 1.29 is 13.6 Å². The van der Waals surface area contributed by atoms with Crippen LogP contribution in [0.3, 0.4) is 0 Å². The number of aromatic nitrogens is 1. The number of fused-ring (bicyclic) bond motifs is 2. The predicted molar refractivity (Wildman–Crippen MR) is 114 cm³/mol. The van der Waals surface area contributed by atoms with Crippen molar-refractivity contribution in [1.82, 2.24) is 4.98 Å². The van der Waals surface area contributed by atoms with E-state index in [2.05, 4.69) is 4.98 Å². The van der Waals surface area contributed by atoms with E-state index < -0.39 is 17.8 Å². The second kappa shape index (κ2) is 6.75. The molecular weight excluding hydrogens is 427 g/mol. The largest absolute Gasteiger partial charge is 0.450 e. The van der Waals surface area contributed by atoms with Crippen LogP contribution in [-0.4, -0.2) is 10.9 Å². The van der Waals surface area contributed by atoms with Gasteiger partial charge in [0.2, 0.25) is 5.76 Å². The molecule has 1 aliphatic heterocycles. The van der Waals surface area contributed by atoms with Crippen molar-refractivity contribution in [2.75, 3.05) is 4.90 Å². The number of carbonyl (C=O) groups is 1. The van der Waals surface area contributed by atoms with Gasteiger partial charge in [-0.1, -0.05) is 23.7 Å². The van der Waals surface area contributed by atoms with Crippen molar-refractivity contribution in [2.45, 2.75) is 19.9 Å². The molecule has 5 nitrogen and oxygen atoms in total. The number of hydrogen-bond donors (Lipinski definition) is 0. The molecule has 0 saturated heterocycles. The number of thiazole rings is 1. The molecule has 3 heterocycles. The Balaban J connectivity index is 1.82. The second-order valence-corrected chi connectivity index (χ2v) is 8.70. The molecule has 1 aliphatic rings. The first-order valence-corrected chi connectivity index (χ1v) is 10.3. The van der Waals surface area contributed by atoms with E-state index in [1.807, 2.05) is 13.8 Å². The maximum atomic E-state index is 13.6. The summed E-state index contributed by atoms with van der Waals surface area (Å²) in [7, 11) is 0. The van der Waals surface area contributed by atoms with Gasteiger partial charge in [-0.25, -0.2) is 9.37 Å². The molecule has 0 saturated carbocycles. The third-order valence-electron chi connectivity index (χ3n) is 5.24. The summed E-state index contributed by atoms with van der Waals surface area (Å²) in [5, 5.41) is 1.13. The van der Waals surface area contributed by atoms with E-state index >= 15 is 0 Å². The van der Waals surface area contributed by atoms with E-state index in [0.717, 1.165) is 10.6 Å². The third kappa shape index (κ3) is 2.77. The average molecular weight is 441 g/mol. The van der Waals surface area contributed by atoms with Crippen LogP contribution < -0.4 is 10.3 Å². The van der Waals surface area contributed by atoms with Gasteiger partial charge in [0.1, 0.15) is 11.4 Å². The first-order valence-electron chi connectivity index (χ1n) is 9.14. The highest BCUT2D eigenvalue weighted by Crippen LogP contribution is 2.43. The number of hydrogen-bond acceptors (Lipinski definition) is 5. The number of amides is 1. The average Bonchev–Trinajstić information content (AvgIpc) is 3.20. The summed E-state index contributed by atoms with van der Waals surface area (Å²) >= 11 is 7.43. The molecule has 1 atom stereocenters. The third-order valence-corrected chi connectivity index (χ3v) is 6.55. The highest BCUT2D eigenvalue weighted by atomic mass is 35.5. The minimum Gasteiger partial charge on any atom is -0.450 e. The van der Waals surface area contributed by atoms with E-state index in [4.69, 9.17) is 16.0 Å². The van der Waals surface area contributed by atoms with Crippen LogP contribution in [0.5, 0.6) is 0 Å². The fourth-order valence-corrected chi connectivity index (χ4v) is 4.77. The van der Waals surface area contributed by atoms with Gasteiger partial charge in [0.15, 0.2) is 10.6 Å².